The monoisotopic (exact) mass is 783 g/mol. The Kier molecular flexibility index (Phi) is 19.9. The van der Waals surface area contributed by atoms with Crippen molar-refractivity contribution >= 4 is 23.1 Å². The highest BCUT2D eigenvalue weighted by Crippen LogP contribution is 2.45. The Labute approximate surface area is 339 Å². The summed E-state index contributed by atoms with van der Waals surface area (Å²) < 4.78 is 10.5. The van der Waals surface area contributed by atoms with Crippen LogP contribution in [0, 0.1) is 0 Å². The minimum Gasteiger partial charge on any atom is -0.453 e. The van der Waals surface area contributed by atoms with Crippen molar-refractivity contribution in [2.45, 2.75) is 58.3 Å². The first-order valence-electron chi connectivity index (χ1n) is 20.4. The van der Waals surface area contributed by atoms with Gasteiger partial charge in [-0.1, -0.05) is 118 Å². The molecule has 9 nitrogen and oxygen atoms in total. The maximum Gasteiger partial charge on any atom is 0.407 e. The summed E-state index contributed by atoms with van der Waals surface area (Å²) in [5.74, 6) is 0.185. The largest absolute Gasteiger partial charge is 0.453 e. The SMILES string of the molecule is CCN(CC)CC.NCCCNCCCCNCCCNC(=O)OCC1c2ccccc2-c2ccccc21.O=C(Cl)OCC1c2ccccc2-c2ccccc21. The predicted octanol–water partition coefficient (Wildman–Crippen LogP) is 8.75. The molecule has 0 saturated heterocycles. The molecule has 0 saturated carbocycles. The standard InChI is InChI=1S/C25H36N4O2.C15H11ClO2.C6H15N/c26-13-7-16-27-14-5-6-15-28-17-8-18-29-25(30)31-19-24-22-11-3-1-9-20(22)21-10-2-4-12-23(21)24;16-15(17)18-9-14-12-7-3-1-5-10(12)11-6-2-4-8-13(11)14;1-4-7(5-2)6-3/h1-4,9-12,24,27-28H,5-8,13-19,26H2,(H,29,30);1-8,14H,9H2;4-6H2,1-3H3. The maximum atomic E-state index is 12.1. The molecule has 0 unspecified atom stereocenters. The third-order valence-corrected chi connectivity index (χ3v) is 10.4. The molecule has 0 bridgehead atoms. The predicted molar refractivity (Wildman–Crippen MR) is 231 cm³/mol. The van der Waals surface area contributed by atoms with Crippen LogP contribution in [0.2, 0.25) is 0 Å². The third-order valence-electron chi connectivity index (χ3n) is 10.3. The molecule has 0 aromatic heterocycles. The molecule has 5 N–H and O–H groups in total. The van der Waals surface area contributed by atoms with Crippen molar-refractivity contribution in [3.8, 4) is 22.3 Å². The Bertz CT molecular complexity index is 1670. The van der Waals surface area contributed by atoms with E-state index < -0.39 is 5.43 Å². The van der Waals surface area contributed by atoms with E-state index in [4.69, 9.17) is 26.8 Å². The Morgan fingerprint density at radius 3 is 1.32 bits per heavy atom. The van der Waals surface area contributed by atoms with Crippen molar-refractivity contribution in [1.29, 1.82) is 0 Å². The quantitative estimate of drug-likeness (QED) is 0.0551. The number of nitrogens with zero attached hydrogens (tertiary/aromatic N) is 1. The van der Waals surface area contributed by atoms with Crippen molar-refractivity contribution < 1.29 is 19.1 Å². The van der Waals surface area contributed by atoms with Gasteiger partial charge in [-0.3, -0.25) is 0 Å². The number of halogens is 1. The number of carbonyl (C=O) groups is 2. The van der Waals surface area contributed by atoms with Crippen molar-refractivity contribution in [3.05, 3.63) is 119 Å². The van der Waals surface area contributed by atoms with Crippen LogP contribution in [0.1, 0.15) is 80.5 Å². The molecule has 6 rings (SSSR count). The fraction of sp³-hybridized carbons (Fsp3) is 0.435. The molecular weight excluding hydrogens is 722 g/mol. The lowest BCUT2D eigenvalue weighted by Gasteiger charge is -2.14. The van der Waals surface area contributed by atoms with Crippen molar-refractivity contribution in [2.24, 2.45) is 5.73 Å². The van der Waals surface area contributed by atoms with Gasteiger partial charge in [0.2, 0.25) is 0 Å². The molecule has 0 spiro atoms. The number of rotatable bonds is 19. The zero-order valence-corrected chi connectivity index (χ0v) is 34.3. The minimum atomic E-state index is -0.753. The van der Waals surface area contributed by atoms with Crippen LogP contribution >= 0.6 is 11.6 Å². The van der Waals surface area contributed by atoms with Gasteiger partial charge in [0, 0.05) is 30.0 Å². The van der Waals surface area contributed by atoms with Gasteiger partial charge < -0.3 is 36.1 Å². The van der Waals surface area contributed by atoms with Gasteiger partial charge in [-0.2, -0.15) is 0 Å². The van der Waals surface area contributed by atoms with Crippen LogP contribution in [0.4, 0.5) is 9.59 Å². The molecule has 0 aliphatic heterocycles. The first kappa shape index (κ1) is 44.5. The summed E-state index contributed by atoms with van der Waals surface area (Å²) in [7, 11) is 0. The zero-order chi connectivity index (χ0) is 40.0. The van der Waals surface area contributed by atoms with E-state index in [2.05, 4.69) is 102 Å². The van der Waals surface area contributed by atoms with Crippen LogP contribution in [0.15, 0.2) is 97.1 Å². The highest BCUT2D eigenvalue weighted by Gasteiger charge is 2.30. The van der Waals surface area contributed by atoms with Gasteiger partial charge in [0.05, 0.1) is 0 Å². The summed E-state index contributed by atoms with van der Waals surface area (Å²) in [5, 5.41) is 9.67. The number of unbranched alkanes of at least 4 members (excludes halogenated alkanes) is 1. The fourth-order valence-corrected chi connectivity index (χ4v) is 7.35. The second-order valence-electron chi connectivity index (χ2n) is 13.9. The average Bonchev–Trinajstić information content (AvgIpc) is 3.73. The molecule has 0 atom stereocenters. The Morgan fingerprint density at radius 1 is 0.571 bits per heavy atom. The van der Waals surface area contributed by atoms with Crippen molar-refractivity contribution in [2.75, 3.05) is 72.1 Å². The van der Waals surface area contributed by atoms with Crippen LogP contribution in [0.3, 0.4) is 0 Å². The van der Waals surface area contributed by atoms with E-state index in [0.717, 1.165) is 58.4 Å². The van der Waals surface area contributed by atoms with Gasteiger partial charge in [-0.05, 0) is 123 Å². The summed E-state index contributed by atoms with van der Waals surface area (Å²) in [6.07, 6.45) is 3.89. The Hall–Kier alpha value is -4.25. The van der Waals surface area contributed by atoms with Gasteiger partial charge in [-0.15, -0.1) is 0 Å². The van der Waals surface area contributed by atoms with Crippen molar-refractivity contribution in [3.63, 3.8) is 0 Å². The topological polar surface area (TPSA) is 118 Å². The number of alkyl carbamates (subject to hydrolysis) is 1. The summed E-state index contributed by atoms with van der Waals surface area (Å²) in [6.45, 7) is 16.1. The van der Waals surface area contributed by atoms with Crippen LogP contribution in [0.25, 0.3) is 22.3 Å². The smallest absolute Gasteiger partial charge is 0.407 e. The fourth-order valence-electron chi connectivity index (χ4n) is 7.29. The third kappa shape index (κ3) is 13.5. The highest BCUT2D eigenvalue weighted by molar-refractivity contribution is 6.61. The number of nitrogens with two attached hydrogens (primary N) is 1. The molecule has 10 heteroatoms. The van der Waals surface area contributed by atoms with Crippen LogP contribution < -0.4 is 21.7 Å². The molecule has 302 valence electrons. The minimum absolute atomic E-state index is 0.0834. The highest BCUT2D eigenvalue weighted by atomic mass is 35.5. The number of benzene rings is 4. The summed E-state index contributed by atoms with van der Waals surface area (Å²) >= 11 is 5.25. The zero-order valence-electron chi connectivity index (χ0n) is 33.5. The average molecular weight is 784 g/mol. The van der Waals surface area contributed by atoms with E-state index >= 15 is 0 Å². The maximum absolute atomic E-state index is 12.1. The first-order valence-corrected chi connectivity index (χ1v) is 20.7. The van der Waals surface area contributed by atoms with E-state index in [0.29, 0.717) is 13.2 Å². The van der Waals surface area contributed by atoms with Crippen molar-refractivity contribution in [1.82, 2.24) is 20.9 Å². The van der Waals surface area contributed by atoms with Gasteiger partial charge >= 0.3 is 11.5 Å². The number of amides is 1. The number of hydrogen-bond acceptors (Lipinski definition) is 8. The lowest BCUT2D eigenvalue weighted by Crippen LogP contribution is -2.29. The molecule has 56 heavy (non-hydrogen) atoms. The number of nitrogens with one attached hydrogen (secondary N) is 3. The molecule has 4 aromatic carbocycles. The second kappa shape index (κ2) is 25.1. The lowest BCUT2D eigenvalue weighted by atomic mass is 9.98. The number of ether oxygens (including phenoxy) is 2. The summed E-state index contributed by atoms with van der Waals surface area (Å²) in [4.78, 5) is 25.3. The Balaban J connectivity index is 0.000000232. The van der Waals surface area contributed by atoms with Gasteiger partial charge in [0.15, 0.2) is 0 Å². The van der Waals surface area contributed by atoms with Gasteiger partial charge in [-0.25, -0.2) is 9.59 Å². The van der Waals surface area contributed by atoms with Crippen LogP contribution in [-0.2, 0) is 9.47 Å². The first-order chi connectivity index (χ1) is 27.4. The molecule has 0 radical (unpaired) electrons. The van der Waals surface area contributed by atoms with E-state index in [-0.39, 0.29) is 24.5 Å². The molecule has 2 aliphatic rings. The molecule has 4 aromatic rings. The summed E-state index contributed by atoms with van der Waals surface area (Å²) in [6, 6.07) is 33.1. The van der Waals surface area contributed by atoms with Crippen LogP contribution in [-0.4, -0.2) is 88.5 Å². The van der Waals surface area contributed by atoms with Crippen LogP contribution in [0.5, 0.6) is 0 Å². The number of fused-ring (bicyclic) bond motifs is 6. The van der Waals surface area contributed by atoms with E-state index in [9.17, 15) is 9.59 Å². The number of carbonyl (C=O) groups excluding carboxylic acids is 2. The van der Waals surface area contributed by atoms with E-state index in [1.165, 1.54) is 64.1 Å². The van der Waals surface area contributed by atoms with E-state index in [1.807, 2.05) is 36.4 Å². The summed E-state index contributed by atoms with van der Waals surface area (Å²) in [5.41, 5.74) is 14.5. The second-order valence-corrected chi connectivity index (χ2v) is 14.2. The van der Waals surface area contributed by atoms with Gasteiger partial charge in [0.1, 0.15) is 13.2 Å². The molecule has 1 amide bonds. The molecular formula is C46H62ClN5O4. The van der Waals surface area contributed by atoms with E-state index in [1.54, 1.807) is 0 Å². The number of hydrogen-bond donors (Lipinski definition) is 4. The van der Waals surface area contributed by atoms with Gasteiger partial charge in [0.25, 0.3) is 0 Å². The molecule has 2 aliphatic carbocycles. The lowest BCUT2D eigenvalue weighted by molar-refractivity contribution is 0.143. The Morgan fingerprint density at radius 2 is 0.946 bits per heavy atom. The normalized spacial score (nSPS) is 12.3. The molecule has 0 fully saturated rings. The molecule has 0 heterocycles.